The highest BCUT2D eigenvalue weighted by atomic mass is 32.2. The van der Waals surface area contributed by atoms with Gasteiger partial charge in [-0.05, 0) is 30.7 Å². The Morgan fingerprint density at radius 2 is 2.05 bits per heavy atom. The number of benzene rings is 1. The van der Waals surface area contributed by atoms with E-state index in [0.717, 1.165) is 11.8 Å². The number of carbonyl (C=O) groups excluding carboxylic acids is 1. The van der Waals surface area contributed by atoms with Crippen molar-refractivity contribution in [1.29, 1.82) is 0 Å². The molecule has 11 nitrogen and oxygen atoms in total. The molecule has 0 atom stereocenters. The van der Waals surface area contributed by atoms with Gasteiger partial charge in [0, 0.05) is 23.4 Å². The van der Waals surface area contributed by atoms with Crippen molar-refractivity contribution in [3.05, 3.63) is 101 Å². The summed E-state index contributed by atoms with van der Waals surface area (Å²) in [6.07, 6.45) is 8.04. The van der Waals surface area contributed by atoms with Gasteiger partial charge in [0.15, 0.2) is 0 Å². The average molecular weight is 580 g/mol. The molecular weight excluding hydrogens is 554 g/mol. The smallest absolute Gasteiger partial charge is 0.354 e. The number of pyridine rings is 1. The van der Waals surface area contributed by atoms with Crippen LogP contribution in [0.5, 0.6) is 0 Å². The standard InChI is InChI=1S/C27H25N5O6S2/c1-4-5-8-19(17(2)26(33)37-3)16-39-25-21(14-20(15-29-25)32-12-11-23(28)30-27(32)34)31-40(35,36)24-13-18-9-6-7-10-22(18)38-24/h4-15,31H,2,16H2,1,3H3,(H2,28,30,34)/b5-4-,19-8-. The van der Waals surface area contributed by atoms with E-state index in [4.69, 9.17) is 14.9 Å². The molecule has 3 N–H and O–H groups in total. The Labute approximate surface area is 234 Å². The third kappa shape index (κ3) is 6.33. The van der Waals surface area contributed by atoms with Gasteiger partial charge in [0.25, 0.3) is 10.0 Å². The summed E-state index contributed by atoms with van der Waals surface area (Å²) in [6.45, 7) is 5.64. The Bertz CT molecular complexity index is 1790. The molecule has 0 aliphatic carbocycles. The number of thioether (sulfide) groups is 1. The molecule has 0 spiro atoms. The lowest BCUT2D eigenvalue weighted by Gasteiger charge is -2.14. The normalized spacial score (nSPS) is 12.1. The second-order valence-electron chi connectivity index (χ2n) is 8.24. The maximum atomic E-state index is 13.4. The van der Waals surface area contributed by atoms with Crippen LogP contribution in [-0.2, 0) is 19.6 Å². The van der Waals surface area contributed by atoms with E-state index in [0.29, 0.717) is 16.5 Å². The first-order valence-corrected chi connectivity index (χ1v) is 14.2. The SMILES string of the molecule is C=C(C(=O)OC)/C(=C\C=C/C)CSc1ncc(-n2ccc(N)nc2=O)cc1NS(=O)(=O)c1cc2ccccc2o1. The van der Waals surface area contributed by atoms with E-state index < -0.39 is 21.7 Å². The highest BCUT2D eigenvalue weighted by molar-refractivity contribution is 7.99. The molecule has 0 radical (unpaired) electrons. The fourth-order valence-corrected chi connectivity index (χ4v) is 5.55. The number of nitrogen functional groups attached to an aromatic ring is 1. The van der Waals surface area contributed by atoms with Crippen molar-refractivity contribution in [3.8, 4) is 5.69 Å². The maximum absolute atomic E-state index is 13.4. The van der Waals surface area contributed by atoms with Gasteiger partial charge < -0.3 is 14.9 Å². The number of methoxy groups -OCH3 is 1. The van der Waals surface area contributed by atoms with E-state index in [1.54, 1.807) is 42.5 Å². The number of aromatic nitrogens is 3. The van der Waals surface area contributed by atoms with Gasteiger partial charge in [-0.1, -0.05) is 54.8 Å². The Morgan fingerprint density at radius 1 is 1.27 bits per heavy atom. The van der Waals surface area contributed by atoms with Crippen LogP contribution in [0.15, 0.2) is 110 Å². The Hall–Kier alpha value is -4.62. The molecule has 206 valence electrons. The van der Waals surface area contributed by atoms with Gasteiger partial charge >= 0.3 is 11.7 Å². The van der Waals surface area contributed by atoms with E-state index in [9.17, 15) is 18.0 Å². The Kier molecular flexibility index (Phi) is 8.55. The number of sulfonamides is 1. The first-order chi connectivity index (χ1) is 19.1. The lowest BCUT2D eigenvalue weighted by Crippen LogP contribution is -2.22. The summed E-state index contributed by atoms with van der Waals surface area (Å²) in [5, 5.41) is 0.585. The van der Waals surface area contributed by atoms with E-state index in [2.05, 4.69) is 21.3 Å². The molecule has 40 heavy (non-hydrogen) atoms. The quantitative estimate of drug-likeness (QED) is 0.121. The number of fused-ring (bicyclic) bond motifs is 1. The monoisotopic (exact) mass is 579 g/mol. The van der Waals surface area contributed by atoms with Crippen LogP contribution in [0.3, 0.4) is 0 Å². The molecule has 0 saturated carbocycles. The number of esters is 1. The third-order valence-corrected chi connectivity index (χ3v) is 7.80. The summed E-state index contributed by atoms with van der Waals surface area (Å²) in [6, 6.07) is 11.2. The molecule has 3 heterocycles. The number of anilines is 2. The molecule has 4 rings (SSSR count). The number of nitrogens with zero attached hydrogens (tertiary/aromatic N) is 3. The minimum atomic E-state index is -4.21. The zero-order chi connectivity index (χ0) is 28.9. The van der Waals surface area contributed by atoms with Crippen LogP contribution in [0.25, 0.3) is 16.7 Å². The van der Waals surface area contributed by atoms with Gasteiger partial charge in [-0.3, -0.25) is 9.29 Å². The molecule has 0 amide bonds. The number of furan rings is 1. The molecule has 13 heteroatoms. The summed E-state index contributed by atoms with van der Waals surface area (Å²) in [5.74, 6) is -0.355. The fourth-order valence-electron chi connectivity index (χ4n) is 3.51. The van der Waals surface area contributed by atoms with Gasteiger partial charge in [0.05, 0.1) is 30.3 Å². The summed E-state index contributed by atoms with van der Waals surface area (Å²) in [5.41, 5.74) is 6.35. The number of hydrogen-bond donors (Lipinski definition) is 2. The van der Waals surface area contributed by atoms with E-state index >= 15 is 0 Å². The van der Waals surface area contributed by atoms with Crippen molar-refractivity contribution in [1.82, 2.24) is 14.5 Å². The van der Waals surface area contributed by atoms with Gasteiger partial charge in [0.2, 0.25) is 5.09 Å². The summed E-state index contributed by atoms with van der Waals surface area (Å²) in [4.78, 5) is 32.7. The second kappa shape index (κ2) is 12.1. The molecule has 0 fully saturated rings. The molecule has 0 unspecified atom stereocenters. The van der Waals surface area contributed by atoms with Crippen LogP contribution >= 0.6 is 11.8 Å². The molecule has 1 aromatic carbocycles. The van der Waals surface area contributed by atoms with Crippen LogP contribution in [0, 0.1) is 0 Å². The highest BCUT2D eigenvalue weighted by Crippen LogP contribution is 2.32. The number of para-hydroxylation sites is 1. The minimum absolute atomic E-state index is 0.0403. The van der Waals surface area contributed by atoms with Gasteiger partial charge in [-0.25, -0.2) is 14.6 Å². The van der Waals surface area contributed by atoms with Crippen molar-refractivity contribution < 1.29 is 22.4 Å². The van der Waals surface area contributed by atoms with Crippen molar-refractivity contribution in [2.24, 2.45) is 0 Å². The molecule has 0 bridgehead atoms. The van der Waals surface area contributed by atoms with Crippen LogP contribution in [0.1, 0.15) is 6.92 Å². The zero-order valence-electron chi connectivity index (χ0n) is 21.5. The Balaban J connectivity index is 1.75. The van der Waals surface area contributed by atoms with Gasteiger partial charge in [-0.15, -0.1) is 0 Å². The van der Waals surface area contributed by atoms with Crippen LogP contribution in [0.2, 0.25) is 0 Å². The Morgan fingerprint density at radius 3 is 2.75 bits per heavy atom. The second-order valence-corrected chi connectivity index (χ2v) is 10.8. The topological polar surface area (TPSA) is 159 Å². The van der Waals surface area contributed by atoms with Crippen molar-refractivity contribution in [2.45, 2.75) is 17.0 Å². The molecule has 0 aliphatic heterocycles. The summed E-state index contributed by atoms with van der Waals surface area (Å²) in [7, 11) is -2.95. The number of allylic oxidation sites excluding steroid dienone is 3. The predicted molar refractivity (Wildman–Crippen MR) is 154 cm³/mol. The van der Waals surface area contributed by atoms with E-state index in [-0.39, 0.29) is 38.6 Å². The average Bonchev–Trinajstić information content (AvgIpc) is 3.38. The van der Waals surface area contributed by atoms with Gasteiger partial charge in [0.1, 0.15) is 16.4 Å². The first-order valence-electron chi connectivity index (χ1n) is 11.7. The molecule has 4 aromatic rings. The summed E-state index contributed by atoms with van der Waals surface area (Å²) < 4.78 is 40.8. The lowest BCUT2D eigenvalue weighted by atomic mass is 10.1. The van der Waals surface area contributed by atoms with Crippen molar-refractivity contribution in [3.63, 3.8) is 0 Å². The molecular formula is C27H25N5O6S2. The molecule has 0 aliphatic rings. The number of rotatable bonds is 10. The van der Waals surface area contributed by atoms with Gasteiger partial charge in [-0.2, -0.15) is 13.4 Å². The van der Waals surface area contributed by atoms with Crippen LogP contribution in [0.4, 0.5) is 11.5 Å². The lowest BCUT2D eigenvalue weighted by molar-refractivity contribution is -0.135. The first kappa shape index (κ1) is 28.4. The van der Waals surface area contributed by atoms with Crippen molar-refractivity contribution >= 4 is 50.2 Å². The third-order valence-electron chi connectivity index (χ3n) is 5.53. The summed E-state index contributed by atoms with van der Waals surface area (Å²) >= 11 is 1.15. The zero-order valence-corrected chi connectivity index (χ0v) is 23.2. The highest BCUT2D eigenvalue weighted by Gasteiger charge is 2.23. The number of nitrogens with one attached hydrogen (secondary N) is 1. The number of hydrogen-bond acceptors (Lipinski definition) is 10. The number of ether oxygens (including phenoxy) is 1. The largest absolute Gasteiger partial charge is 0.465 e. The number of nitrogens with two attached hydrogens (primary N) is 1. The molecule has 3 aromatic heterocycles. The fraction of sp³-hybridized carbons (Fsp3) is 0.111. The minimum Gasteiger partial charge on any atom is -0.465 e. The maximum Gasteiger partial charge on any atom is 0.354 e. The van der Waals surface area contributed by atoms with E-state index in [1.165, 1.54) is 42.3 Å². The molecule has 0 saturated heterocycles. The van der Waals surface area contributed by atoms with Crippen LogP contribution in [-0.4, -0.2) is 41.8 Å². The van der Waals surface area contributed by atoms with Crippen molar-refractivity contribution in [2.75, 3.05) is 23.3 Å². The predicted octanol–water partition coefficient (Wildman–Crippen LogP) is 4.08. The number of carbonyl (C=O) groups is 1. The van der Waals surface area contributed by atoms with E-state index in [1.807, 2.05) is 6.92 Å². The van der Waals surface area contributed by atoms with Crippen LogP contribution < -0.4 is 16.1 Å².